The number of rotatable bonds is 2. The van der Waals surface area contributed by atoms with Gasteiger partial charge >= 0.3 is 0 Å². The first-order chi connectivity index (χ1) is 13.7. The van der Waals surface area contributed by atoms with Crippen LogP contribution in [0.25, 0.3) is 0 Å². The molecule has 2 heterocycles. The van der Waals surface area contributed by atoms with Crippen molar-refractivity contribution < 1.29 is 18.4 Å². The van der Waals surface area contributed by atoms with E-state index in [2.05, 4.69) is 66.2 Å². The Balaban J connectivity index is 0.000000482. The van der Waals surface area contributed by atoms with Crippen LogP contribution in [0, 0.1) is 0 Å². The van der Waals surface area contributed by atoms with Gasteiger partial charge in [0.25, 0.3) is 0 Å². The smallest absolute Gasteiger partial charge is 0.0916 e. The SMILES string of the molecule is CCc1ccc2c(c1)Sc1ccccc1CC2N1CCN(C)CC1.CS(=O)(=O)[O-].O. The van der Waals surface area contributed by atoms with Crippen molar-refractivity contribution in [2.75, 3.05) is 39.5 Å². The van der Waals surface area contributed by atoms with Crippen LogP contribution >= 0.6 is 11.8 Å². The predicted octanol–water partition coefficient (Wildman–Crippen LogP) is 2.58. The zero-order chi connectivity index (χ0) is 21.0. The highest BCUT2D eigenvalue weighted by Crippen LogP contribution is 2.43. The highest BCUT2D eigenvalue weighted by Gasteiger charge is 2.29. The minimum absolute atomic E-state index is 0. The van der Waals surface area contributed by atoms with Gasteiger partial charge in [-0.2, -0.15) is 0 Å². The Kier molecular flexibility index (Phi) is 8.90. The minimum atomic E-state index is -3.92. The molecule has 1 unspecified atom stereocenters. The lowest BCUT2D eigenvalue weighted by atomic mass is 9.95. The van der Waals surface area contributed by atoms with Gasteiger partial charge in [-0.3, -0.25) is 4.90 Å². The Morgan fingerprint density at radius 2 is 1.70 bits per heavy atom. The van der Waals surface area contributed by atoms with Gasteiger partial charge in [0.1, 0.15) is 0 Å². The molecule has 6 nitrogen and oxygen atoms in total. The molecule has 2 aromatic rings. The van der Waals surface area contributed by atoms with Crippen molar-refractivity contribution in [2.45, 2.75) is 35.6 Å². The third kappa shape index (κ3) is 6.80. The van der Waals surface area contributed by atoms with E-state index in [-0.39, 0.29) is 5.48 Å². The van der Waals surface area contributed by atoms with Crippen LogP contribution in [0.2, 0.25) is 0 Å². The van der Waals surface area contributed by atoms with Crippen LogP contribution in [0.3, 0.4) is 0 Å². The molecule has 0 saturated carbocycles. The van der Waals surface area contributed by atoms with Crippen LogP contribution in [0.5, 0.6) is 0 Å². The quantitative estimate of drug-likeness (QED) is 0.651. The molecule has 2 aliphatic rings. The summed E-state index contributed by atoms with van der Waals surface area (Å²) in [6, 6.07) is 16.6. The Labute approximate surface area is 184 Å². The molecule has 2 aromatic carbocycles. The van der Waals surface area contributed by atoms with E-state index in [1.54, 1.807) is 0 Å². The van der Waals surface area contributed by atoms with Crippen LogP contribution in [-0.4, -0.2) is 67.7 Å². The maximum atomic E-state index is 9.08. The molecule has 0 amide bonds. The molecule has 2 aliphatic heterocycles. The van der Waals surface area contributed by atoms with Gasteiger partial charge in [-0.25, -0.2) is 8.42 Å². The second-order valence-electron chi connectivity index (χ2n) is 7.70. The first-order valence-electron chi connectivity index (χ1n) is 9.96. The van der Waals surface area contributed by atoms with Crippen molar-refractivity contribution in [2.24, 2.45) is 0 Å². The van der Waals surface area contributed by atoms with Gasteiger partial charge < -0.3 is 14.9 Å². The molecule has 1 saturated heterocycles. The number of hydrogen-bond donors (Lipinski definition) is 0. The number of fused-ring (bicyclic) bond motifs is 2. The summed E-state index contributed by atoms with van der Waals surface area (Å²) in [5, 5.41) is 0. The number of hydrogen-bond acceptors (Lipinski definition) is 6. The van der Waals surface area contributed by atoms with Gasteiger partial charge in [0, 0.05) is 48.3 Å². The van der Waals surface area contributed by atoms with Gasteiger partial charge in [0.2, 0.25) is 0 Å². The van der Waals surface area contributed by atoms with E-state index >= 15 is 0 Å². The Morgan fingerprint density at radius 1 is 1.07 bits per heavy atom. The molecule has 1 atom stereocenters. The number of nitrogens with zero attached hydrogens (tertiary/aromatic N) is 2. The fraction of sp³-hybridized carbons (Fsp3) is 0.455. The largest absolute Gasteiger partial charge is 0.748 e. The highest BCUT2D eigenvalue weighted by molar-refractivity contribution is 7.99. The summed E-state index contributed by atoms with van der Waals surface area (Å²) in [5.41, 5.74) is 4.47. The molecular weight excluding hydrogens is 420 g/mol. The fourth-order valence-electron chi connectivity index (χ4n) is 3.83. The van der Waals surface area contributed by atoms with Crippen LogP contribution in [0.15, 0.2) is 52.3 Å². The molecule has 166 valence electrons. The van der Waals surface area contributed by atoms with Crippen LogP contribution in [0.4, 0.5) is 0 Å². The number of aryl methyl sites for hydroxylation is 1. The molecule has 8 heteroatoms. The second-order valence-corrected chi connectivity index (χ2v) is 10.2. The lowest BCUT2D eigenvalue weighted by molar-refractivity contribution is 0.110. The first kappa shape index (κ1) is 24.8. The molecular formula is C22H31N2O4S2-. The van der Waals surface area contributed by atoms with E-state index in [0.717, 1.165) is 12.8 Å². The molecule has 1 fully saturated rings. The van der Waals surface area contributed by atoms with E-state index < -0.39 is 10.1 Å². The van der Waals surface area contributed by atoms with Gasteiger partial charge in [-0.1, -0.05) is 49.0 Å². The topological polar surface area (TPSA) is 95.2 Å². The van der Waals surface area contributed by atoms with Crippen LogP contribution < -0.4 is 0 Å². The molecule has 0 aromatic heterocycles. The molecule has 0 aliphatic carbocycles. The van der Waals surface area contributed by atoms with Crippen LogP contribution in [-0.2, 0) is 23.0 Å². The first-order valence-corrected chi connectivity index (χ1v) is 12.6. The standard InChI is InChI=1S/C21H26N2S.CH4O3S.H2O/c1-3-16-8-9-18-19(23-12-10-22(2)11-13-23)15-17-6-4-5-7-20(17)24-21(18)14-16;1-5(2,3)4;/h4-9,14,19H,3,10-13,15H2,1-2H3;1H3,(H,2,3,4);1H2/p-1. The number of likely N-dealkylation sites (N-methyl/N-ethyl adjacent to an activating group) is 1. The predicted molar refractivity (Wildman–Crippen MR) is 121 cm³/mol. The lowest BCUT2D eigenvalue weighted by Crippen LogP contribution is -2.46. The normalized spacial score (nSPS) is 19.4. The third-order valence-corrected chi connectivity index (χ3v) is 6.62. The summed E-state index contributed by atoms with van der Waals surface area (Å²) in [5.74, 6) is 0. The van der Waals surface area contributed by atoms with E-state index in [4.69, 9.17) is 13.0 Å². The Hall–Kier alpha value is -1.42. The van der Waals surface area contributed by atoms with Crippen molar-refractivity contribution in [1.82, 2.24) is 9.80 Å². The monoisotopic (exact) mass is 451 g/mol. The average Bonchev–Trinajstić information content (AvgIpc) is 2.83. The van der Waals surface area contributed by atoms with Crippen molar-refractivity contribution in [3.8, 4) is 0 Å². The summed E-state index contributed by atoms with van der Waals surface area (Å²) in [7, 11) is -1.68. The summed E-state index contributed by atoms with van der Waals surface area (Å²) in [6.07, 6.45) is 2.84. The van der Waals surface area contributed by atoms with Gasteiger partial charge in [0.05, 0.1) is 10.1 Å². The summed E-state index contributed by atoms with van der Waals surface area (Å²) in [6.45, 7) is 6.93. The molecule has 4 rings (SSSR count). The van der Waals surface area contributed by atoms with Gasteiger partial charge in [0.15, 0.2) is 0 Å². The fourth-order valence-corrected chi connectivity index (χ4v) is 5.03. The Bertz CT molecular complexity index is 934. The summed E-state index contributed by atoms with van der Waals surface area (Å²) >= 11 is 1.96. The lowest BCUT2D eigenvalue weighted by Gasteiger charge is -2.38. The number of piperazine rings is 1. The highest BCUT2D eigenvalue weighted by atomic mass is 32.2. The maximum absolute atomic E-state index is 9.08. The third-order valence-electron chi connectivity index (χ3n) is 5.43. The molecule has 0 spiro atoms. The molecule has 0 radical (unpaired) electrons. The van der Waals surface area contributed by atoms with Crippen LogP contribution in [0.1, 0.15) is 29.7 Å². The van der Waals surface area contributed by atoms with Crippen molar-refractivity contribution in [1.29, 1.82) is 0 Å². The second kappa shape index (κ2) is 10.7. The van der Waals surface area contributed by atoms with Crippen molar-refractivity contribution >= 4 is 21.9 Å². The zero-order valence-electron chi connectivity index (χ0n) is 17.8. The molecule has 2 N–H and O–H groups in total. The van der Waals surface area contributed by atoms with Gasteiger partial charge in [-0.15, -0.1) is 0 Å². The zero-order valence-corrected chi connectivity index (χ0v) is 19.4. The average molecular weight is 452 g/mol. The van der Waals surface area contributed by atoms with E-state index in [0.29, 0.717) is 12.3 Å². The van der Waals surface area contributed by atoms with Gasteiger partial charge in [-0.05, 0) is 48.7 Å². The summed E-state index contributed by atoms with van der Waals surface area (Å²) < 4.78 is 27.2. The van der Waals surface area contributed by atoms with Crippen molar-refractivity contribution in [3.05, 3.63) is 59.2 Å². The molecule has 0 bridgehead atoms. The molecule has 30 heavy (non-hydrogen) atoms. The van der Waals surface area contributed by atoms with E-state index in [1.165, 1.54) is 52.7 Å². The van der Waals surface area contributed by atoms with Crippen molar-refractivity contribution in [3.63, 3.8) is 0 Å². The summed E-state index contributed by atoms with van der Waals surface area (Å²) in [4.78, 5) is 8.04. The van der Waals surface area contributed by atoms with E-state index in [1.807, 2.05) is 11.8 Å². The van der Waals surface area contributed by atoms with E-state index in [9.17, 15) is 0 Å². The minimum Gasteiger partial charge on any atom is -0.748 e. The Morgan fingerprint density at radius 3 is 2.33 bits per heavy atom. The number of benzene rings is 2. The maximum Gasteiger partial charge on any atom is 0.0916 e.